The number of ether oxygens (including phenoxy) is 2. The van der Waals surface area contributed by atoms with Crippen molar-refractivity contribution >= 4 is 35.2 Å². The lowest BCUT2D eigenvalue weighted by atomic mass is 10.2. The van der Waals surface area contributed by atoms with Crippen LogP contribution in [0, 0.1) is 0 Å². The van der Waals surface area contributed by atoms with Crippen LogP contribution in [0.5, 0.6) is 0 Å². The van der Waals surface area contributed by atoms with Crippen molar-refractivity contribution in [2.24, 2.45) is 0 Å². The lowest BCUT2D eigenvalue weighted by Crippen LogP contribution is -2.34. The first kappa shape index (κ1) is 19.7. The van der Waals surface area contributed by atoms with Crippen LogP contribution < -0.4 is 5.32 Å². The zero-order chi connectivity index (χ0) is 19.1. The minimum atomic E-state index is -0.607. The van der Waals surface area contributed by atoms with E-state index in [1.807, 2.05) is 18.2 Å². The van der Waals surface area contributed by atoms with E-state index in [0.717, 1.165) is 24.3 Å². The number of hydrogen-bond donors (Lipinski definition) is 1. The van der Waals surface area contributed by atoms with E-state index in [0.29, 0.717) is 16.6 Å². The summed E-state index contributed by atoms with van der Waals surface area (Å²) in [6, 6.07) is 10.5. The molecule has 1 saturated heterocycles. The van der Waals surface area contributed by atoms with E-state index in [1.54, 1.807) is 24.4 Å². The molecule has 3 rings (SSSR count). The molecule has 0 unspecified atom stereocenters. The molecule has 2 aromatic rings. The molecule has 1 N–H and O–H groups in total. The monoisotopic (exact) mass is 406 g/mol. The van der Waals surface area contributed by atoms with E-state index in [1.165, 1.54) is 11.8 Å². The normalized spacial score (nSPS) is 16.1. The molecule has 1 atom stereocenters. The number of nitrogens with one attached hydrogen (secondary N) is 1. The molecule has 0 radical (unpaired) electrons. The van der Waals surface area contributed by atoms with E-state index in [2.05, 4.69) is 10.3 Å². The minimum Gasteiger partial charge on any atom is -0.452 e. The third kappa shape index (κ3) is 5.69. The first-order chi connectivity index (χ1) is 13.1. The van der Waals surface area contributed by atoms with Crippen LogP contribution in [0.3, 0.4) is 0 Å². The predicted octanol–water partition coefficient (Wildman–Crippen LogP) is 3.34. The Morgan fingerprint density at radius 3 is 2.93 bits per heavy atom. The summed E-state index contributed by atoms with van der Waals surface area (Å²) in [7, 11) is 0. The zero-order valence-corrected chi connectivity index (χ0v) is 16.1. The van der Waals surface area contributed by atoms with E-state index >= 15 is 0 Å². The number of benzene rings is 1. The molecule has 1 amide bonds. The van der Waals surface area contributed by atoms with Crippen LogP contribution in [-0.4, -0.2) is 42.7 Å². The van der Waals surface area contributed by atoms with E-state index in [-0.39, 0.29) is 24.2 Å². The first-order valence-corrected chi connectivity index (χ1v) is 9.76. The molecule has 142 valence electrons. The summed E-state index contributed by atoms with van der Waals surface area (Å²) in [5, 5.41) is 3.75. The van der Waals surface area contributed by atoms with Crippen molar-refractivity contribution in [2.45, 2.75) is 28.9 Å². The van der Waals surface area contributed by atoms with Gasteiger partial charge in [0.15, 0.2) is 6.61 Å². The van der Waals surface area contributed by atoms with Gasteiger partial charge in [0.25, 0.3) is 5.91 Å². The number of esters is 1. The molecule has 1 aromatic carbocycles. The molecule has 6 nitrogen and oxygen atoms in total. The van der Waals surface area contributed by atoms with E-state index in [9.17, 15) is 9.59 Å². The Bertz CT molecular complexity index is 812. The second kappa shape index (κ2) is 9.73. The Labute approximate surface area is 166 Å². The molecular weight excluding hydrogens is 388 g/mol. The highest BCUT2D eigenvalue weighted by molar-refractivity contribution is 7.99. The number of aromatic nitrogens is 1. The average Bonchev–Trinajstić information content (AvgIpc) is 3.20. The topological polar surface area (TPSA) is 77.5 Å². The van der Waals surface area contributed by atoms with Crippen molar-refractivity contribution in [1.29, 1.82) is 0 Å². The van der Waals surface area contributed by atoms with Gasteiger partial charge in [-0.3, -0.25) is 4.79 Å². The SMILES string of the molecule is O=C(COC(=O)c1cccnc1Sc1ccccc1Cl)NC[C@H]1CCCO1. The number of carbonyl (C=O) groups is 2. The number of rotatable bonds is 7. The van der Waals surface area contributed by atoms with Crippen molar-refractivity contribution in [3.63, 3.8) is 0 Å². The van der Waals surface area contributed by atoms with Gasteiger partial charge in [0.2, 0.25) is 0 Å². The summed E-state index contributed by atoms with van der Waals surface area (Å²) >= 11 is 7.44. The maximum Gasteiger partial charge on any atom is 0.341 e. The molecule has 1 aromatic heterocycles. The summed E-state index contributed by atoms with van der Waals surface area (Å²) < 4.78 is 10.6. The number of nitrogens with zero attached hydrogens (tertiary/aromatic N) is 1. The van der Waals surface area contributed by atoms with Gasteiger partial charge in [-0.15, -0.1) is 0 Å². The van der Waals surface area contributed by atoms with E-state index in [4.69, 9.17) is 21.1 Å². The summed E-state index contributed by atoms with van der Waals surface area (Å²) in [6.07, 6.45) is 3.56. The molecular formula is C19H19ClN2O4S. The van der Waals surface area contributed by atoms with Crippen molar-refractivity contribution in [3.05, 3.63) is 53.2 Å². The largest absolute Gasteiger partial charge is 0.452 e. The molecule has 8 heteroatoms. The lowest BCUT2D eigenvalue weighted by Gasteiger charge is -2.11. The number of carbonyl (C=O) groups excluding carboxylic acids is 2. The third-order valence-electron chi connectivity index (χ3n) is 3.92. The highest BCUT2D eigenvalue weighted by atomic mass is 35.5. The zero-order valence-electron chi connectivity index (χ0n) is 14.5. The fraction of sp³-hybridized carbons (Fsp3) is 0.316. The quantitative estimate of drug-likeness (QED) is 0.710. The van der Waals surface area contributed by atoms with Crippen LogP contribution in [0.15, 0.2) is 52.5 Å². The van der Waals surface area contributed by atoms with Crippen LogP contribution in [0.25, 0.3) is 0 Å². The van der Waals surface area contributed by atoms with Crippen molar-refractivity contribution in [2.75, 3.05) is 19.8 Å². The van der Waals surface area contributed by atoms with Gasteiger partial charge in [0.05, 0.1) is 16.7 Å². The standard InChI is InChI=1S/C19H19ClN2O4S/c20-15-7-1-2-8-16(15)27-18-14(6-3-9-21-18)19(24)26-12-17(23)22-11-13-5-4-10-25-13/h1-3,6-9,13H,4-5,10-12H2,(H,22,23)/t13-/m1/s1. The summed E-state index contributed by atoms with van der Waals surface area (Å²) in [6.45, 7) is 0.802. The van der Waals surface area contributed by atoms with Gasteiger partial charge in [-0.05, 0) is 37.1 Å². The highest BCUT2D eigenvalue weighted by Gasteiger charge is 2.19. The van der Waals surface area contributed by atoms with Crippen LogP contribution in [0.1, 0.15) is 23.2 Å². The van der Waals surface area contributed by atoms with Crippen LogP contribution in [0.4, 0.5) is 0 Å². The molecule has 0 bridgehead atoms. The Kier molecular flexibility index (Phi) is 7.09. The molecule has 1 aliphatic rings. The number of hydrogen-bond acceptors (Lipinski definition) is 6. The molecule has 1 aliphatic heterocycles. The van der Waals surface area contributed by atoms with Crippen LogP contribution in [0.2, 0.25) is 5.02 Å². The third-order valence-corrected chi connectivity index (χ3v) is 5.46. The average molecular weight is 407 g/mol. The molecule has 0 spiro atoms. The predicted molar refractivity (Wildman–Crippen MR) is 102 cm³/mol. The van der Waals surface area contributed by atoms with Crippen molar-refractivity contribution in [3.8, 4) is 0 Å². The van der Waals surface area contributed by atoms with Gasteiger partial charge < -0.3 is 14.8 Å². The molecule has 0 aliphatic carbocycles. The second-order valence-corrected chi connectivity index (χ2v) is 7.34. The van der Waals surface area contributed by atoms with Crippen molar-refractivity contribution in [1.82, 2.24) is 10.3 Å². The molecule has 0 saturated carbocycles. The summed E-state index contributed by atoms with van der Waals surface area (Å²) in [5.41, 5.74) is 0.286. The van der Waals surface area contributed by atoms with Gasteiger partial charge >= 0.3 is 5.97 Å². The van der Waals surface area contributed by atoms with Crippen LogP contribution >= 0.6 is 23.4 Å². The smallest absolute Gasteiger partial charge is 0.341 e. The van der Waals surface area contributed by atoms with Gasteiger partial charge in [-0.1, -0.05) is 35.5 Å². The number of pyridine rings is 1. The molecule has 27 heavy (non-hydrogen) atoms. The second-order valence-electron chi connectivity index (χ2n) is 5.90. The Morgan fingerprint density at radius 2 is 2.15 bits per heavy atom. The fourth-order valence-corrected chi connectivity index (χ4v) is 3.70. The van der Waals surface area contributed by atoms with Gasteiger partial charge in [-0.2, -0.15) is 0 Å². The van der Waals surface area contributed by atoms with Gasteiger partial charge in [0.1, 0.15) is 5.03 Å². The lowest BCUT2D eigenvalue weighted by molar-refractivity contribution is -0.124. The molecule has 1 fully saturated rings. The maximum absolute atomic E-state index is 12.4. The minimum absolute atomic E-state index is 0.0431. The number of halogens is 1. The Morgan fingerprint density at radius 1 is 1.30 bits per heavy atom. The highest BCUT2D eigenvalue weighted by Crippen LogP contribution is 2.33. The molecule has 2 heterocycles. The number of amides is 1. The van der Waals surface area contributed by atoms with E-state index < -0.39 is 5.97 Å². The fourth-order valence-electron chi connectivity index (χ4n) is 2.55. The van der Waals surface area contributed by atoms with Crippen molar-refractivity contribution < 1.29 is 19.1 Å². The summed E-state index contributed by atoms with van der Waals surface area (Å²) in [5.74, 6) is -0.965. The first-order valence-electron chi connectivity index (χ1n) is 8.56. The van der Waals surface area contributed by atoms with Gasteiger partial charge in [0, 0.05) is 24.2 Å². The van der Waals surface area contributed by atoms with Crippen LogP contribution in [-0.2, 0) is 14.3 Å². The Hall–Kier alpha value is -2.09. The van der Waals surface area contributed by atoms with Gasteiger partial charge in [-0.25, -0.2) is 9.78 Å². The maximum atomic E-state index is 12.4. The Balaban J connectivity index is 1.56. The summed E-state index contributed by atoms with van der Waals surface area (Å²) in [4.78, 5) is 29.3.